The van der Waals surface area contributed by atoms with Gasteiger partial charge in [-0.2, -0.15) is 4.98 Å². The van der Waals surface area contributed by atoms with Crippen LogP contribution in [0.25, 0.3) is 20.8 Å². The fourth-order valence-corrected chi connectivity index (χ4v) is 4.48. The fraction of sp³-hybridized carbons (Fsp3) is 0.474. The Hall–Kier alpha value is -2.42. The number of fused-ring (bicyclic) bond motifs is 1. The maximum atomic E-state index is 12.6. The minimum Gasteiger partial charge on any atom is -0.364 e. The van der Waals surface area contributed by atoms with Crippen LogP contribution in [0.1, 0.15) is 37.6 Å². The van der Waals surface area contributed by atoms with Crippen molar-refractivity contribution in [3.05, 3.63) is 23.7 Å². The molecule has 0 spiro atoms. The van der Waals surface area contributed by atoms with Crippen LogP contribution in [0.4, 0.5) is 20.5 Å². The summed E-state index contributed by atoms with van der Waals surface area (Å²) in [5, 5.41) is 6.94. The summed E-state index contributed by atoms with van der Waals surface area (Å²) in [6.07, 6.45) is 2.54. The second-order valence-corrected chi connectivity index (χ2v) is 8.46. The Labute approximate surface area is 165 Å². The van der Waals surface area contributed by atoms with Crippen LogP contribution in [0, 0.1) is 13.8 Å². The van der Waals surface area contributed by atoms with E-state index in [0.29, 0.717) is 11.5 Å². The van der Waals surface area contributed by atoms with E-state index in [-0.39, 0.29) is 11.5 Å². The van der Waals surface area contributed by atoms with Gasteiger partial charge in [-0.25, -0.2) is 18.7 Å². The first kappa shape index (κ1) is 18.9. The highest BCUT2D eigenvalue weighted by Gasteiger charge is 2.33. The molecule has 3 aromatic heterocycles. The number of anilines is 2. The van der Waals surface area contributed by atoms with E-state index in [1.165, 1.54) is 0 Å². The molecular formula is C19H22F2N6S. The van der Waals surface area contributed by atoms with Crippen molar-refractivity contribution in [3.8, 4) is 10.6 Å². The Morgan fingerprint density at radius 2 is 1.96 bits per heavy atom. The molecule has 6 nitrogen and oxygen atoms in total. The highest BCUT2D eigenvalue weighted by atomic mass is 32.1. The van der Waals surface area contributed by atoms with Gasteiger partial charge in [-0.15, -0.1) is 11.3 Å². The number of thiazole rings is 1. The van der Waals surface area contributed by atoms with E-state index >= 15 is 0 Å². The van der Waals surface area contributed by atoms with Crippen LogP contribution in [-0.2, 0) is 0 Å². The van der Waals surface area contributed by atoms with Crippen molar-refractivity contribution in [1.29, 1.82) is 0 Å². The number of hydrogen-bond donors (Lipinski definition) is 2. The number of halogens is 2. The van der Waals surface area contributed by atoms with Gasteiger partial charge in [-0.05, 0) is 46.1 Å². The molecule has 1 aliphatic carbocycles. The van der Waals surface area contributed by atoms with Crippen molar-refractivity contribution in [2.24, 2.45) is 0 Å². The molecule has 0 bridgehead atoms. The average Bonchev–Trinajstić information content (AvgIpc) is 3.03. The average molecular weight is 404 g/mol. The molecular weight excluding hydrogens is 382 g/mol. The molecule has 0 radical (unpaired) electrons. The number of nitrogens with one attached hydrogen (secondary N) is 2. The van der Waals surface area contributed by atoms with Gasteiger partial charge in [0.25, 0.3) is 6.43 Å². The molecule has 1 fully saturated rings. The Morgan fingerprint density at radius 3 is 2.61 bits per heavy atom. The topological polar surface area (TPSA) is 75.6 Å². The molecule has 3 aromatic rings. The lowest BCUT2D eigenvalue weighted by Gasteiger charge is -2.40. The summed E-state index contributed by atoms with van der Waals surface area (Å²) in [5.41, 5.74) is 3.19. The maximum absolute atomic E-state index is 12.6. The first-order valence-electron chi connectivity index (χ1n) is 9.26. The number of pyridine rings is 1. The zero-order valence-electron chi connectivity index (χ0n) is 16.0. The number of aryl methyl sites for hydroxylation is 2. The van der Waals surface area contributed by atoms with E-state index in [9.17, 15) is 8.78 Å². The highest BCUT2D eigenvalue weighted by Crippen LogP contribution is 2.40. The van der Waals surface area contributed by atoms with Crippen LogP contribution in [0.5, 0.6) is 0 Å². The number of nitrogens with zero attached hydrogens (tertiary/aromatic N) is 4. The molecule has 28 heavy (non-hydrogen) atoms. The van der Waals surface area contributed by atoms with Crippen LogP contribution in [-0.4, -0.2) is 38.4 Å². The molecule has 2 N–H and O–H groups in total. The Morgan fingerprint density at radius 1 is 1.18 bits per heavy atom. The SMILES string of the molecule is Cc1nc(NCC(F)F)nc(NC2(C)CCC2)c1-c1nc2c(C)nccc2s1. The third-order valence-corrected chi connectivity index (χ3v) is 6.12. The Bertz CT molecular complexity index is 1020. The molecule has 148 valence electrons. The third-order valence-electron chi connectivity index (χ3n) is 5.09. The number of rotatable bonds is 6. The lowest BCUT2D eigenvalue weighted by molar-refractivity contribution is 0.163. The third kappa shape index (κ3) is 3.63. The number of aromatic nitrogens is 4. The van der Waals surface area contributed by atoms with Crippen molar-refractivity contribution < 1.29 is 8.78 Å². The van der Waals surface area contributed by atoms with E-state index in [2.05, 4.69) is 32.5 Å². The predicted octanol–water partition coefficient (Wildman–Crippen LogP) is 4.80. The summed E-state index contributed by atoms with van der Waals surface area (Å²) in [6, 6.07) is 1.94. The van der Waals surface area contributed by atoms with Gasteiger partial charge in [0, 0.05) is 11.7 Å². The zero-order valence-corrected chi connectivity index (χ0v) is 16.8. The van der Waals surface area contributed by atoms with Gasteiger partial charge >= 0.3 is 0 Å². The van der Waals surface area contributed by atoms with E-state index in [4.69, 9.17) is 4.98 Å². The van der Waals surface area contributed by atoms with Gasteiger partial charge in [-0.1, -0.05) is 0 Å². The molecule has 0 aromatic carbocycles. The highest BCUT2D eigenvalue weighted by molar-refractivity contribution is 7.21. The molecule has 0 amide bonds. The van der Waals surface area contributed by atoms with Crippen molar-refractivity contribution in [2.45, 2.75) is 52.0 Å². The molecule has 3 heterocycles. The van der Waals surface area contributed by atoms with Gasteiger partial charge in [0.05, 0.1) is 28.2 Å². The summed E-state index contributed by atoms with van der Waals surface area (Å²) in [7, 11) is 0. The molecule has 1 aliphatic rings. The van der Waals surface area contributed by atoms with Crippen molar-refractivity contribution in [2.75, 3.05) is 17.2 Å². The monoisotopic (exact) mass is 404 g/mol. The predicted molar refractivity (Wildman–Crippen MR) is 108 cm³/mol. The van der Waals surface area contributed by atoms with Crippen LogP contribution >= 0.6 is 11.3 Å². The van der Waals surface area contributed by atoms with Gasteiger partial charge in [0.1, 0.15) is 16.3 Å². The number of alkyl halides is 2. The van der Waals surface area contributed by atoms with E-state index in [1.54, 1.807) is 17.5 Å². The first-order chi connectivity index (χ1) is 13.3. The Balaban J connectivity index is 1.80. The lowest BCUT2D eigenvalue weighted by Crippen LogP contribution is -2.42. The normalized spacial score (nSPS) is 15.6. The van der Waals surface area contributed by atoms with Crippen LogP contribution in [0.15, 0.2) is 12.3 Å². The second-order valence-electron chi connectivity index (χ2n) is 7.43. The van der Waals surface area contributed by atoms with Crippen LogP contribution in [0.3, 0.4) is 0 Å². The molecule has 0 saturated heterocycles. The molecule has 0 aliphatic heterocycles. The lowest BCUT2D eigenvalue weighted by atomic mass is 9.78. The van der Waals surface area contributed by atoms with E-state index in [1.807, 2.05) is 19.9 Å². The number of hydrogen-bond acceptors (Lipinski definition) is 7. The van der Waals surface area contributed by atoms with Gasteiger partial charge in [0.15, 0.2) is 0 Å². The Kier molecular flexibility index (Phi) is 4.86. The van der Waals surface area contributed by atoms with Crippen molar-refractivity contribution in [1.82, 2.24) is 19.9 Å². The summed E-state index contributed by atoms with van der Waals surface area (Å²) < 4.78 is 26.3. The standard InChI is InChI=1S/C19H22F2N6S/c1-10-14(17-25-15-11(2)22-8-5-12(15)28-17)16(27-19(3)6-4-7-19)26-18(24-10)23-9-13(20)21/h5,8,13H,4,6-7,9H2,1-3H3,(H2,23,24,26,27). The smallest absolute Gasteiger partial charge is 0.255 e. The van der Waals surface area contributed by atoms with E-state index in [0.717, 1.165) is 45.7 Å². The fourth-order valence-electron chi connectivity index (χ4n) is 3.37. The summed E-state index contributed by atoms with van der Waals surface area (Å²) in [6.45, 7) is 5.45. The van der Waals surface area contributed by atoms with Gasteiger partial charge in [0.2, 0.25) is 5.95 Å². The second kappa shape index (κ2) is 7.20. The largest absolute Gasteiger partial charge is 0.364 e. The van der Waals surface area contributed by atoms with Crippen LogP contribution < -0.4 is 10.6 Å². The summed E-state index contributed by atoms with van der Waals surface area (Å²) in [5.74, 6) is 0.835. The molecule has 0 atom stereocenters. The quantitative estimate of drug-likeness (QED) is 0.615. The maximum Gasteiger partial charge on any atom is 0.255 e. The minimum atomic E-state index is -2.47. The molecule has 9 heteroatoms. The minimum absolute atomic E-state index is 0.0519. The van der Waals surface area contributed by atoms with Crippen LogP contribution in [0.2, 0.25) is 0 Å². The molecule has 1 saturated carbocycles. The molecule has 0 unspecified atom stereocenters. The van der Waals surface area contributed by atoms with Gasteiger partial charge in [-0.3, -0.25) is 4.98 Å². The summed E-state index contributed by atoms with van der Waals surface area (Å²) >= 11 is 1.56. The van der Waals surface area contributed by atoms with Crippen molar-refractivity contribution >= 4 is 33.3 Å². The van der Waals surface area contributed by atoms with Crippen molar-refractivity contribution in [3.63, 3.8) is 0 Å². The molecule has 4 rings (SSSR count). The first-order valence-corrected chi connectivity index (χ1v) is 10.1. The van der Waals surface area contributed by atoms with Gasteiger partial charge < -0.3 is 10.6 Å². The zero-order chi connectivity index (χ0) is 19.9. The summed E-state index contributed by atoms with van der Waals surface area (Å²) in [4.78, 5) is 18.0. The van der Waals surface area contributed by atoms with E-state index < -0.39 is 13.0 Å².